The summed E-state index contributed by atoms with van der Waals surface area (Å²) in [6, 6.07) is 12.9. The molecule has 0 spiro atoms. The van der Waals surface area contributed by atoms with Gasteiger partial charge >= 0.3 is 0 Å². The van der Waals surface area contributed by atoms with Crippen molar-refractivity contribution < 1.29 is 4.39 Å². The average molecular weight is 323 g/mol. The van der Waals surface area contributed by atoms with Crippen molar-refractivity contribution in [2.45, 2.75) is 13.0 Å². The zero-order valence-corrected chi connectivity index (χ0v) is 12.2. The van der Waals surface area contributed by atoms with Gasteiger partial charge in [-0.15, -0.1) is 0 Å². The Morgan fingerprint density at radius 3 is 2.47 bits per heavy atom. The summed E-state index contributed by atoms with van der Waals surface area (Å²) >= 11 is 3.39. The number of hydrogen-bond donors (Lipinski definition) is 2. The predicted octanol–water partition coefficient (Wildman–Crippen LogP) is 4.01. The van der Waals surface area contributed by atoms with E-state index < -0.39 is 0 Å². The monoisotopic (exact) mass is 322 g/mol. The molecule has 3 N–H and O–H groups in total. The second kappa shape index (κ2) is 6.17. The molecule has 2 rings (SSSR count). The normalized spacial score (nSPS) is 12.2. The number of hydrogen-bond acceptors (Lipinski definition) is 2. The Labute approximate surface area is 121 Å². The molecule has 0 heterocycles. The van der Waals surface area contributed by atoms with Crippen LogP contribution in [-0.4, -0.2) is 6.54 Å². The summed E-state index contributed by atoms with van der Waals surface area (Å²) in [5, 5.41) is 3.31. The van der Waals surface area contributed by atoms with E-state index in [1.54, 1.807) is 19.1 Å². The van der Waals surface area contributed by atoms with Crippen molar-refractivity contribution in [2.24, 2.45) is 5.73 Å². The third-order valence-electron chi connectivity index (χ3n) is 3.02. The van der Waals surface area contributed by atoms with E-state index in [1.165, 1.54) is 0 Å². The maximum Gasteiger partial charge on any atom is 0.126 e. The topological polar surface area (TPSA) is 38.0 Å². The van der Waals surface area contributed by atoms with Crippen molar-refractivity contribution in [1.29, 1.82) is 0 Å². The average Bonchev–Trinajstić information content (AvgIpc) is 2.41. The first-order valence-electron chi connectivity index (χ1n) is 6.08. The van der Waals surface area contributed by atoms with Crippen LogP contribution in [0, 0.1) is 12.7 Å². The lowest BCUT2D eigenvalue weighted by molar-refractivity contribution is 0.613. The highest BCUT2D eigenvalue weighted by Gasteiger charge is 2.11. The van der Waals surface area contributed by atoms with Crippen molar-refractivity contribution in [2.75, 3.05) is 11.9 Å². The quantitative estimate of drug-likeness (QED) is 0.892. The standard InChI is InChI=1S/C15H16BrFN2/c1-10-2-3-11(8-14(10)17)15(9-18)19-13-6-4-12(16)5-7-13/h2-8,15,19H,9,18H2,1H3. The molecule has 0 radical (unpaired) electrons. The minimum Gasteiger partial charge on any atom is -0.377 e. The highest BCUT2D eigenvalue weighted by atomic mass is 79.9. The molecule has 0 bridgehead atoms. The van der Waals surface area contributed by atoms with E-state index in [1.807, 2.05) is 30.3 Å². The Kier molecular flexibility index (Phi) is 4.56. The van der Waals surface area contributed by atoms with E-state index in [-0.39, 0.29) is 11.9 Å². The fourth-order valence-electron chi connectivity index (χ4n) is 1.85. The molecule has 2 aromatic rings. The van der Waals surface area contributed by atoms with Crippen LogP contribution in [0.2, 0.25) is 0 Å². The Balaban J connectivity index is 2.19. The summed E-state index contributed by atoms with van der Waals surface area (Å²) in [7, 11) is 0. The minimum atomic E-state index is -0.200. The lowest BCUT2D eigenvalue weighted by atomic mass is 10.0. The Morgan fingerprint density at radius 2 is 1.89 bits per heavy atom. The second-order valence-electron chi connectivity index (χ2n) is 4.45. The smallest absolute Gasteiger partial charge is 0.126 e. The van der Waals surface area contributed by atoms with E-state index >= 15 is 0 Å². The van der Waals surface area contributed by atoms with Gasteiger partial charge in [-0.05, 0) is 48.4 Å². The lowest BCUT2D eigenvalue weighted by Gasteiger charge is -2.19. The largest absolute Gasteiger partial charge is 0.377 e. The van der Waals surface area contributed by atoms with Crippen LogP contribution in [0.4, 0.5) is 10.1 Å². The van der Waals surface area contributed by atoms with Gasteiger partial charge in [0.1, 0.15) is 5.82 Å². The molecule has 1 atom stereocenters. The third-order valence-corrected chi connectivity index (χ3v) is 3.55. The number of rotatable bonds is 4. The summed E-state index contributed by atoms with van der Waals surface area (Å²) in [5.41, 5.74) is 8.23. The molecule has 0 aliphatic carbocycles. The Bertz CT molecular complexity index is 555. The van der Waals surface area contributed by atoms with Crippen LogP contribution in [-0.2, 0) is 0 Å². The summed E-state index contributed by atoms with van der Waals surface area (Å²) in [6.07, 6.45) is 0. The Morgan fingerprint density at radius 1 is 1.21 bits per heavy atom. The molecule has 0 fully saturated rings. The molecule has 100 valence electrons. The summed E-state index contributed by atoms with van der Waals surface area (Å²) in [4.78, 5) is 0. The molecule has 0 aliphatic heterocycles. The number of nitrogens with two attached hydrogens (primary N) is 1. The van der Waals surface area contributed by atoms with Crippen LogP contribution in [0.25, 0.3) is 0 Å². The third kappa shape index (κ3) is 3.55. The van der Waals surface area contributed by atoms with Gasteiger partial charge in [0.2, 0.25) is 0 Å². The van der Waals surface area contributed by atoms with Gasteiger partial charge in [-0.3, -0.25) is 0 Å². The maximum absolute atomic E-state index is 13.6. The molecule has 0 saturated carbocycles. The van der Waals surface area contributed by atoms with Gasteiger partial charge in [0, 0.05) is 16.7 Å². The van der Waals surface area contributed by atoms with Crippen LogP contribution < -0.4 is 11.1 Å². The molecule has 0 saturated heterocycles. The van der Waals surface area contributed by atoms with Crippen molar-refractivity contribution in [1.82, 2.24) is 0 Å². The van der Waals surface area contributed by atoms with Crippen molar-refractivity contribution in [3.63, 3.8) is 0 Å². The van der Waals surface area contributed by atoms with Gasteiger partial charge in [-0.1, -0.05) is 28.1 Å². The van der Waals surface area contributed by atoms with Gasteiger partial charge in [-0.25, -0.2) is 4.39 Å². The van der Waals surface area contributed by atoms with Crippen molar-refractivity contribution in [3.05, 3.63) is 63.9 Å². The van der Waals surface area contributed by atoms with E-state index in [4.69, 9.17) is 5.73 Å². The molecule has 0 aromatic heterocycles. The SMILES string of the molecule is Cc1ccc(C(CN)Nc2ccc(Br)cc2)cc1F. The van der Waals surface area contributed by atoms with E-state index in [0.29, 0.717) is 12.1 Å². The van der Waals surface area contributed by atoms with Gasteiger partial charge in [-0.2, -0.15) is 0 Å². The Hall–Kier alpha value is -1.39. The number of aryl methyl sites for hydroxylation is 1. The maximum atomic E-state index is 13.6. The lowest BCUT2D eigenvalue weighted by Crippen LogP contribution is -2.20. The summed E-state index contributed by atoms with van der Waals surface area (Å²) in [6.45, 7) is 2.15. The van der Waals surface area contributed by atoms with Crippen LogP contribution in [0.5, 0.6) is 0 Å². The molecule has 2 aromatic carbocycles. The molecule has 0 aliphatic rings. The zero-order chi connectivity index (χ0) is 13.8. The summed E-state index contributed by atoms with van der Waals surface area (Å²) in [5.74, 6) is -0.200. The second-order valence-corrected chi connectivity index (χ2v) is 5.36. The predicted molar refractivity (Wildman–Crippen MR) is 80.7 cm³/mol. The summed E-state index contributed by atoms with van der Waals surface area (Å²) < 4.78 is 14.6. The molecular weight excluding hydrogens is 307 g/mol. The fraction of sp³-hybridized carbons (Fsp3) is 0.200. The molecule has 19 heavy (non-hydrogen) atoms. The van der Waals surface area contributed by atoms with Gasteiger partial charge in [0.25, 0.3) is 0 Å². The van der Waals surface area contributed by atoms with Gasteiger partial charge in [0.05, 0.1) is 6.04 Å². The molecule has 1 unspecified atom stereocenters. The van der Waals surface area contributed by atoms with Crippen LogP contribution in [0.15, 0.2) is 46.9 Å². The number of benzene rings is 2. The van der Waals surface area contributed by atoms with E-state index in [0.717, 1.165) is 15.7 Å². The first-order valence-corrected chi connectivity index (χ1v) is 6.87. The number of nitrogens with one attached hydrogen (secondary N) is 1. The van der Waals surface area contributed by atoms with E-state index in [9.17, 15) is 4.39 Å². The van der Waals surface area contributed by atoms with Crippen LogP contribution in [0.1, 0.15) is 17.2 Å². The van der Waals surface area contributed by atoms with Gasteiger partial charge in [0.15, 0.2) is 0 Å². The number of halogens is 2. The minimum absolute atomic E-state index is 0.101. The van der Waals surface area contributed by atoms with Crippen molar-refractivity contribution in [3.8, 4) is 0 Å². The number of anilines is 1. The first-order chi connectivity index (χ1) is 9.10. The fourth-order valence-corrected chi connectivity index (χ4v) is 2.12. The molecule has 2 nitrogen and oxygen atoms in total. The highest BCUT2D eigenvalue weighted by Crippen LogP contribution is 2.22. The molecule has 4 heteroatoms. The molecule has 0 amide bonds. The highest BCUT2D eigenvalue weighted by molar-refractivity contribution is 9.10. The van der Waals surface area contributed by atoms with Gasteiger partial charge < -0.3 is 11.1 Å². The van der Waals surface area contributed by atoms with E-state index in [2.05, 4.69) is 21.2 Å². The van der Waals surface area contributed by atoms with Crippen LogP contribution >= 0.6 is 15.9 Å². The molecular formula is C15H16BrFN2. The zero-order valence-electron chi connectivity index (χ0n) is 10.7. The first kappa shape index (κ1) is 14.0. The van der Waals surface area contributed by atoms with Crippen molar-refractivity contribution >= 4 is 21.6 Å². The van der Waals surface area contributed by atoms with Crippen LogP contribution in [0.3, 0.4) is 0 Å².